The summed E-state index contributed by atoms with van der Waals surface area (Å²) >= 11 is 1.33. The van der Waals surface area contributed by atoms with E-state index in [1.165, 1.54) is 24.8 Å². The first-order chi connectivity index (χ1) is 9.76. The second-order valence-corrected chi connectivity index (χ2v) is 5.50. The van der Waals surface area contributed by atoms with E-state index in [4.69, 9.17) is 0 Å². The van der Waals surface area contributed by atoms with E-state index < -0.39 is 0 Å². The molecule has 0 aliphatic carbocycles. The SMILES string of the molecule is CCCCNC(=O)NSc1ccc(NCCCC)cc1. The topological polar surface area (TPSA) is 53.2 Å². The Balaban J connectivity index is 2.25. The summed E-state index contributed by atoms with van der Waals surface area (Å²) in [7, 11) is 0. The molecule has 0 unspecified atom stereocenters. The van der Waals surface area contributed by atoms with Crippen LogP contribution in [0.5, 0.6) is 0 Å². The van der Waals surface area contributed by atoms with Gasteiger partial charge >= 0.3 is 6.03 Å². The molecule has 0 saturated heterocycles. The van der Waals surface area contributed by atoms with Crippen LogP contribution in [0.1, 0.15) is 39.5 Å². The minimum atomic E-state index is -0.131. The van der Waals surface area contributed by atoms with E-state index in [9.17, 15) is 4.79 Å². The third-order valence-corrected chi connectivity index (χ3v) is 3.59. The zero-order valence-corrected chi connectivity index (χ0v) is 13.2. The number of anilines is 1. The third-order valence-electron chi connectivity index (χ3n) is 2.79. The van der Waals surface area contributed by atoms with Crippen LogP contribution < -0.4 is 15.4 Å². The van der Waals surface area contributed by atoms with Crippen molar-refractivity contribution in [3.05, 3.63) is 24.3 Å². The van der Waals surface area contributed by atoms with Crippen LogP contribution in [-0.2, 0) is 0 Å². The molecule has 0 aliphatic rings. The molecule has 0 radical (unpaired) electrons. The maximum absolute atomic E-state index is 11.5. The molecule has 20 heavy (non-hydrogen) atoms. The molecule has 1 rings (SSSR count). The van der Waals surface area contributed by atoms with Gasteiger partial charge in [0.15, 0.2) is 0 Å². The molecule has 0 aromatic heterocycles. The molecule has 0 saturated carbocycles. The lowest BCUT2D eigenvalue weighted by Crippen LogP contribution is -2.31. The van der Waals surface area contributed by atoms with Gasteiger partial charge in [-0.05, 0) is 49.1 Å². The van der Waals surface area contributed by atoms with E-state index in [0.717, 1.165) is 36.5 Å². The summed E-state index contributed by atoms with van der Waals surface area (Å²) in [6, 6.07) is 7.95. The first kappa shape index (κ1) is 16.7. The van der Waals surface area contributed by atoms with E-state index in [-0.39, 0.29) is 6.03 Å². The van der Waals surface area contributed by atoms with Gasteiger partial charge in [0.05, 0.1) is 0 Å². The summed E-state index contributed by atoms with van der Waals surface area (Å²) in [6.07, 6.45) is 4.46. The Morgan fingerprint density at radius 2 is 1.70 bits per heavy atom. The molecule has 5 heteroatoms. The molecular weight excluding hydrogens is 270 g/mol. The molecule has 0 fully saturated rings. The zero-order chi connectivity index (χ0) is 14.6. The molecule has 0 atom stereocenters. The Morgan fingerprint density at radius 1 is 1.05 bits per heavy atom. The fourth-order valence-electron chi connectivity index (χ4n) is 1.57. The number of urea groups is 1. The first-order valence-electron chi connectivity index (χ1n) is 7.31. The quantitative estimate of drug-likeness (QED) is 0.476. The average Bonchev–Trinajstić information content (AvgIpc) is 2.47. The van der Waals surface area contributed by atoms with Gasteiger partial charge in [0.1, 0.15) is 0 Å². The molecule has 112 valence electrons. The van der Waals surface area contributed by atoms with Crippen LogP contribution in [0.3, 0.4) is 0 Å². The summed E-state index contributed by atoms with van der Waals surface area (Å²) < 4.78 is 2.78. The summed E-state index contributed by atoms with van der Waals surface area (Å²) in [4.78, 5) is 12.5. The van der Waals surface area contributed by atoms with Gasteiger partial charge in [-0.15, -0.1) is 0 Å². The van der Waals surface area contributed by atoms with Gasteiger partial charge in [0.2, 0.25) is 0 Å². The van der Waals surface area contributed by atoms with E-state index >= 15 is 0 Å². The van der Waals surface area contributed by atoms with Crippen molar-refractivity contribution in [2.45, 2.75) is 44.4 Å². The lowest BCUT2D eigenvalue weighted by atomic mass is 10.3. The molecule has 2 amide bonds. The Hall–Kier alpha value is -1.36. The molecule has 0 heterocycles. The molecular formula is C15H25N3OS. The number of benzene rings is 1. The van der Waals surface area contributed by atoms with Crippen LogP contribution in [0, 0.1) is 0 Å². The van der Waals surface area contributed by atoms with Crippen LogP contribution in [0.4, 0.5) is 10.5 Å². The number of nitrogens with one attached hydrogen (secondary N) is 3. The van der Waals surface area contributed by atoms with Gasteiger partial charge in [-0.25, -0.2) is 4.79 Å². The highest BCUT2D eigenvalue weighted by molar-refractivity contribution is 7.98. The summed E-state index contributed by atoms with van der Waals surface area (Å²) in [5, 5.41) is 6.18. The van der Waals surface area contributed by atoms with Crippen molar-refractivity contribution >= 4 is 23.7 Å². The van der Waals surface area contributed by atoms with Crippen molar-refractivity contribution < 1.29 is 4.79 Å². The summed E-state index contributed by atoms with van der Waals surface area (Å²) in [5.41, 5.74) is 1.12. The number of rotatable bonds is 9. The minimum Gasteiger partial charge on any atom is -0.385 e. The van der Waals surface area contributed by atoms with Crippen molar-refractivity contribution in [1.29, 1.82) is 0 Å². The normalized spacial score (nSPS) is 10.1. The van der Waals surface area contributed by atoms with Gasteiger partial charge in [0.25, 0.3) is 0 Å². The van der Waals surface area contributed by atoms with Gasteiger partial charge in [-0.2, -0.15) is 0 Å². The van der Waals surface area contributed by atoms with Crippen molar-refractivity contribution in [3.8, 4) is 0 Å². The molecule has 0 aliphatic heterocycles. The fraction of sp³-hybridized carbons (Fsp3) is 0.533. The van der Waals surface area contributed by atoms with Gasteiger partial charge < -0.3 is 10.6 Å². The highest BCUT2D eigenvalue weighted by Crippen LogP contribution is 2.17. The molecule has 0 spiro atoms. The van der Waals surface area contributed by atoms with Crippen molar-refractivity contribution in [3.63, 3.8) is 0 Å². The lowest BCUT2D eigenvalue weighted by Gasteiger charge is -2.08. The van der Waals surface area contributed by atoms with Crippen molar-refractivity contribution in [2.24, 2.45) is 0 Å². The number of carbonyl (C=O) groups excluding carboxylic acids is 1. The third kappa shape index (κ3) is 7.28. The number of hydrogen-bond acceptors (Lipinski definition) is 3. The zero-order valence-electron chi connectivity index (χ0n) is 12.4. The highest BCUT2D eigenvalue weighted by atomic mass is 32.2. The van der Waals surface area contributed by atoms with Crippen LogP contribution in [0.25, 0.3) is 0 Å². The maximum Gasteiger partial charge on any atom is 0.325 e. The van der Waals surface area contributed by atoms with Gasteiger partial charge in [0, 0.05) is 23.7 Å². The van der Waals surface area contributed by atoms with Crippen LogP contribution in [-0.4, -0.2) is 19.1 Å². The smallest absolute Gasteiger partial charge is 0.325 e. The standard InChI is InChI=1S/C15H25N3OS/c1-3-5-11-16-13-7-9-14(10-8-13)20-18-15(19)17-12-6-4-2/h7-10,16H,3-6,11-12H2,1-2H3,(H2,17,18,19). The predicted molar refractivity (Wildman–Crippen MR) is 87.1 cm³/mol. The Labute approximate surface area is 126 Å². The predicted octanol–water partition coefficient (Wildman–Crippen LogP) is 4.01. The van der Waals surface area contributed by atoms with Gasteiger partial charge in [-0.3, -0.25) is 4.72 Å². The van der Waals surface area contributed by atoms with E-state index in [1.54, 1.807) is 0 Å². The second-order valence-electron chi connectivity index (χ2n) is 4.62. The summed E-state index contributed by atoms with van der Waals surface area (Å²) in [5.74, 6) is 0. The Bertz CT molecular complexity index is 381. The van der Waals surface area contributed by atoms with Crippen LogP contribution in [0.15, 0.2) is 29.2 Å². The Kier molecular flexibility index (Phi) is 8.71. The fourth-order valence-corrected chi connectivity index (χ4v) is 2.13. The molecule has 3 N–H and O–H groups in total. The van der Waals surface area contributed by atoms with E-state index in [0.29, 0.717) is 0 Å². The van der Waals surface area contributed by atoms with E-state index in [1.807, 2.05) is 24.3 Å². The van der Waals surface area contributed by atoms with Gasteiger partial charge in [-0.1, -0.05) is 26.7 Å². The number of carbonyl (C=O) groups is 1. The monoisotopic (exact) mass is 295 g/mol. The number of amides is 2. The minimum absolute atomic E-state index is 0.131. The van der Waals surface area contributed by atoms with Crippen LogP contribution >= 0.6 is 11.9 Å². The number of hydrogen-bond donors (Lipinski definition) is 3. The lowest BCUT2D eigenvalue weighted by molar-refractivity contribution is 0.246. The Morgan fingerprint density at radius 3 is 2.35 bits per heavy atom. The molecule has 4 nitrogen and oxygen atoms in total. The summed E-state index contributed by atoms with van der Waals surface area (Å²) in [6.45, 7) is 6.01. The largest absolute Gasteiger partial charge is 0.385 e. The second kappa shape index (κ2) is 10.4. The van der Waals surface area contributed by atoms with Crippen molar-refractivity contribution in [2.75, 3.05) is 18.4 Å². The highest BCUT2D eigenvalue weighted by Gasteiger charge is 2.00. The maximum atomic E-state index is 11.5. The molecule has 1 aromatic carbocycles. The molecule has 1 aromatic rings. The van der Waals surface area contributed by atoms with E-state index in [2.05, 4.69) is 29.2 Å². The number of unbranched alkanes of at least 4 members (excludes halogenated alkanes) is 2. The average molecular weight is 295 g/mol. The molecule has 0 bridgehead atoms. The first-order valence-corrected chi connectivity index (χ1v) is 8.12. The van der Waals surface area contributed by atoms with Crippen molar-refractivity contribution in [1.82, 2.24) is 10.0 Å². The van der Waals surface area contributed by atoms with Crippen LogP contribution in [0.2, 0.25) is 0 Å².